The van der Waals surface area contributed by atoms with Gasteiger partial charge in [0.1, 0.15) is 24.4 Å². The second kappa shape index (κ2) is 12.8. The van der Waals surface area contributed by atoms with Crippen LogP contribution in [0.1, 0.15) is 16.7 Å². The van der Waals surface area contributed by atoms with Crippen molar-refractivity contribution in [1.82, 2.24) is 0 Å². The largest absolute Gasteiger partial charge is 0.374 e. The Balaban J connectivity index is 1.49. The van der Waals surface area contributed by atoms with Gasteiger partial charge in [-0.05, 0) is 16.7 Å². The summed E-state index contributed by atoms with van der Waals surface area (Å²) in [6.07, 6.45) is -3.45. The molecule has 34 heavy (non-hydrogen) atoms. The molecule has 0 amide bonds. The molecular formula is C28H32O6. The SMILES string of the molecule is CO[C@H]1C(O)O[C@H](COCc2ccccc2)[C@@H](OCc2ccccc2)[C@@H]1OCc1ccccc1. The van der Waals surface area contributed by atoms with E-state index < -0.39 is 30.7 Å². The van der Waals surface area contributed by atoms with Crippen LogP contribution in [0.25, 0.3) is 0 Å². The number of methoxy groups -OCH3 is 1. The summed E-state index contributed by atoms with van der Waals surface area (Å²) in [6, 6.07) is 29.8. The predicted octanol–water partition coefficient (Wildman–Crippen LogP) is 4.11. The van der Waals surface area contributed by atoms with Crippen LogP contribution >= 0.6 is 0 Å². The van der Waals surface area contributed by atoms with E-state index in [4.69, 9.17) is 23.7 Å². The third-order valence-corrected chi connectivity index (χ3v) is 5.85. The fraction of sp³-hybridized carbons (Fsp3) is 0.357. The quantitative estimate of drug-likeness (QED) is 0.461. The van der Waals surface area contributed by atoms with E-state index in [0.29, 0.717) is 19.8 Å². The van der Waals surface area contributed by atoms with Gasteiger partial charge in [-0.3, -0.25) is 0 Å². The van der Waals surface area contributed by atoms with Gasteiger partial charge in [0.05, 0.1) is 26.4 Å². The molecule has 6 nitrogen and oxygen atoms in total. The lowest BCUT2D eigenvalue weighted by atomic mass is 9.98. The number of aliphatic hydroxyl groups is 1. The first kappa shape index (κ1) is 24.5. The molecule has 1 heterocycles. The average molecular weight is 465 g/mol. The first-order valence-corrected chi connectivity index (χ1v) is 11.5. The van der Waals surface area contributed by atoms with Crippen LogP contribution in [-0.4, -0.2) is 49.5 Å². The van der Waals surface area contributed by atoms with Gasteiger partial charge in [0.25, 0.3) is 0 Å². The minimum Gasteiger partial charge on any atom is -0.374 e. The maximum atomic E-state index is 10.7. The molecule has 4 rings (SSSR count). The lowest BCUT2D eigenvalue weighted by molar-refractivity contribution is -0.311. The summed E-state index contributed by atoms with van der Waals surface area (Å²) in [4.78, 5) is 0. The van der Waals surface area contributed by atoms with Crippen molar-refractivity contribution in [2.45, 2.75) is 50.5 Å². The van der Waals surface area contributed by atoms with Crippen molar-refractivity contribution < 1.29 is 28.8 Å². The fourth-order valence-corrected chi connectivity index (χ4v) is 4.07. The zero-order valence-electron chi connectivity index (χ0n) is 19.4. The molecule has 6 heteroatoms. The van der Waals surface area contributed by atoms with Crippen LogP contribution in [0.15, 0.2) is 91.0 Å². The maximum absolute atomic E-state index is 10.7. The molecule has 3 aromatic carbocycles. The molecule has 0 aromatic heterocycles. The van der Waals surface area contributed by atoms with E-state index in [-0.39, 0.29) is 6.61 Å². The van der Waals surface area contributed by atoms with Crippen LogP contribution in [0.2, 0.25) is 0 Å². The van der Waals surface area contributed by atoms with Crippen LogP contribution in [0.3, 0.4) is 0 Å². The molecule has 180 valence electrons. The van der Waals surface area contributed by atoms with Crippen molar-refractivity contribution >= 4 is 0 Å². The summed E-state index contributed by atoms with van der Waals surface area (Å²) >= 11 is 0. The molecule has 0 aliphatic carbocycles. The van der Waals surface area contributed by atoms with Gasteiger partial charge in [0, 0.05) is 7.11 Å². The standard InChI is InChI=1S/C28H32O6/c1-30-27-26(33-19-23-15-9-4-10-16-23)25(32-18-22-13-7-3-8-14-22)24(34-28(27)29)20-31-17-21-11-5-2-6-12-21/h2-16,24-29H,17-20H2,1H3/t24-,25-,26+,27-,28?/m1/s1. The number of hydrogen-bond donors (Lipinski definition) is 1. The van der Waals surface area contributed by atoms with E-state index in [2.05, 4.69) is 0 Å². The molecule has 0 radical (unpaired) electrons. The maximum Gasteiger partial charge on any atom is 0.184 e. The van der Waals surface area contributed by atoms with E-state index in [1.807, 2.05) is 91.0 Å². The molecule has 1 unspecified atom stereocenters. The Morgan fingerprint density at radius 3 is 1.62 bits per heavy atom. The molecule has 0 bridgehead atoms. The number of aliphatic hydroxyl groups excluding tert-OH is 1. The van der Waals surface area contributed by atoms with Crippen LogP contribution in [0.5, 0.6) is 0 Å². The summed E-state index contributed by atoms with van der Waals surface area (Å²) in [5.74, 6) is 0. The lowest BCUT2D eigenvalue weighted by Crippen LogP contribution is -2.61. The summed E-state index contributed by atoms with van der Waals surface area (Å²) in [5, 5.41) is 10.7. The van der Waals surface area contributed by atoms with Crippen LogP contribution < -0.4 is 0 Å². The molecule has 1 saturated heterocycles. The summed E-state index contributed by atoms with van der Waals surface area (Å²) < 4.78 is 30.1. The Labute approximate surface area is 201 Å². The third kappa shape index (κ3) is 6.73. The number of ether oxygens (including phenoxy) is 5. The van der Waals surface area contributed by atoms with Crippen LogP contribution in [-0.2, 0) is 43.5 Å². The van der Waals surface area contributed by atoms with Crippen LogP contribution in [0, 0.1) is 0 Å². The van der Waals surface area contributed by atoms with Gasteiger partial charge >= 0.3 is 0 Å². The molecular weight excluding hydrogens is 432 g/mol. The Bertz CT molecular complexity index is 952. The summed E-state index contributed by atoms with van der Waals surface area (Å²) in [7, 11) is 1.54. The lowest BCUT2D eigenvalue weighted by Gasteiger charge is -2.44. The molecule has 3 aromatic rings. The zero-order chi connectivity index (χ0) is 23.6. The minimum absolute atomic E-state index is 0.243. The highest BCUT2D eigenvalue weighted by molar-refractivity contribution is 5.15. The zero-order valence-corrected chi connectivity index (χ0v) is 19.4. The van der Waals surface area contributed by atoms with Gasteiger partial charge in [0.15, 0.2) is 6.29 Å². The van der Waals surface area contributed by atoms with Gasteiger partial charge in [-0.1, -0.05) is 91.0 Å². The van der Waals surface area contributed by atoms with Crippen molar-refractivity contribution in [2.75, 3.05) is 13.7 Å². The first-order chi connectivity index (χ1) is 16.7. The van der Waals surface area contributed by atoms with E-state index in [0.717, 1.165) is 16.7 Å². The first-order valence-electron chi connectivity index (χ1n) is 11.5. The highest BCUT2D eigenvalue weighted by Gasteiger charge is 2.47. The van der Waals surface area contributed by atoms with Gasteiger partial charge in [-0.2, -0.15) is 0 Å². The Hall–Kier alpha value is -2.58. The average Bonchev–Trinajstić information content (AvgIpc) is 2.88. The second-order valence-electron chi connectivity index (χ2n) is 8.29. The minimum atomic E-state index is -1.16. The van der Waals surface area contributed by atoms with Crippen molar-refractivity contribution in [1.29, 1.82) is 0 Å². The molecule has 1 aliphatic heterocycles. The van der Waals surface area contributed by atoms with Crippen molar-refractivity contribution in [3.05, 3.63) is 108 Å². The monoisotopic (exact) mass is 464 g/mol. The number of rotatable bonds is 11. The summed E-state index contributed by atoms with van der Waals surface area (Å²) in [5.41, 5.74) is 3.12. The molecule has 0 saturated carbocycles. The smallest absolute Gasteiger partial charge is 0.184 e. The van der Waals surface area contributed by atoms with Gasteiger partial charge in [-0.25, -0.2) is 0 Å². The normalized spacial score (nSPS) is 24.7. The highest BCUT2D eigenvalue weighted by Crippen LogP contribution is 2.29. The van der Waals surface area contributed by atoms with Gasteiger partial charge in [0.2, 0.25) is 0 Å². The van der Waals surface area contributed by atoms with Crippen LogP contribution in [0.4, 0.5) is 0 Å². The van der Waals surface area contributed by atoms with E-state index in [1.54, 1.807) is 0 Å². The number of benzene rings is 3. The van der Waals surface area contributed by atoms with Crippen molar-refractivity contribution in [2.24, 2.45) is 0 Å². The molecule has 1 N–H and O–H groups in total. The van der Waals surface area contributed by atoms with E-state index in [1.165, 1.54) is 7.11 Å². The highest BCUT2D eigenvalue weighted by atomic mass is 16.7. The molecule has 5 atom stereocenters. The Morgan fingerprint density at radius 2 is 1.12 bits per heavy atom. The topological polar surface area (TPSA) is 66.4 Å². The molecule has 1 aliphatic rings. The molecule has 0 spiro atoms. The Kier molecular flexibility index (Phi) is 9.21. The van der Waals surface area contributed by atoms with Crippen molar-refractivity contribution in [3.8, 4) is 0 Å². The second-order valence-corrected chi connectivity index (χ2v) is 8.29. The van der Waals surface area contributed by atoms with E-state index in [9.17, 15) is 5.11 Å². The van der Waals surface area contributed by atoms with E-state index >= 15 is 0 Å². The van der Waals surface area contributed by atoms with Crippen molar-refractivity contribution in [3.63, 3.8) is 0 Å². The summed E-state index contributed by atoms with van der Waals surface area (Å²) in [6.45, 7) is 1.42. The third-order valence-electron chi connectivity index (χ3n) is 5.85. The fourth-order valence-electron chi connectivity index (χ4n) is 4.07. The van der Waals surface area contributed by atoms with Gasteiger partial charge < -0.3 is 28.8 Å². The predicted molar refractivity (Wildman–Crippen MR) is 128 cm³/mol. The number of hydrogen-bond acceptors (Lipinski definition) is 6. The van der Waals surface area contributed by atoms with Gasteiger partial charge in [-0.15, -0.1) is 0 Å². The Morgan fingerprint density at radius 1 is 0.647 bits per heavy atom. The molecule has 1 fully saturated rings.